The lowest BCUT2D eigenvalue weighted by molar-refractivity contribution is 0.116. The first kappa shape index (κ1) is 12.2. The molecule has 0 amide bonds. The van der Waals surface area contributed by atoms with Gasteiger partial charge in [0.1, 0.15) is 0 Å². The molecule has 0 fully saturated rings. The largest absolute Gasteiger partial charge is 0.377 e. The molecule has 0 spiro atoms. The van der Waals surface area contributed by atoms with E-state index in [0.717, 1.165) is 32.5 Å². The highest BCUT2D eigenvalue weighted by molar-refractivity contribution is 5.13. The summed E-state index contributed by atoms with van der Waals surface area (Å²) in [7, 11) is 0. The molecular formula is C13H21NO. The van der Waals surface area contributed by atoms with Crippen LogP contribution in [0.3, 0.4) is 0 Å². The van der Waals surface area contributed by atoms with Gasteiger partial charge in [-0.3, -0.25) is 0 Å². The quantitative estimate of drug-likeness (QED) is 0.698. The summed E-state index contributed by atoms with van der Waals surface area (Å²) in [5.41, 5.74) is 6.90. The van der Waals surface area contributed by atoms with Crippen molar-refractivity contribution in [3.05, 3.63) is 35.9 Å². The van der Waals surface area contributed by atoms with E-state index in [4.69, 9.17) is 10.5 Å². The van der Waals surface area contributed by atoms with Gasteiger partial charge in [-0.2, -0.15) is 0 Å². The Morgan fingerprint density at radius 3 is 2.60 bits per heavy atom. The molecule has 1 aromatic carbocycles. The van der Waals surface area contributed by atoms with Crippen LogP contribution in [0.25, 0.3) is 0 Å². The molecule has 1 rings (SSSR count). The summed E-state index contributed by atoms with van der Waals surface area (Å²) in [5, 5.41) is 0. The van der Waals surface area contributed by atoms with Crippen LogP contribution in [-0.4, -0.2) is 12.6 Å². The summed E-state index contributed by atoms with van der Waals surface area (Å²) in [5.74, 6) is 0. The lowest BCUT2D eigenvalue weighted by Crippen LogP contribution is -2.14. The van der Waals surface area contributed by atoms with E-state index in [1.807, 2.05) is 25.1 Å². The second kappa shape index (κ2) is 7.43. The van der Waals surface area contributed by atoms with Crippen molar-refractivity contribution in [2.24, 2.45) is 5.73 Å². The topological polar surface area (TPSA) is 35.2 Å². The Kier molecular flexibility index (Phi) is 6.05. The number of benzene rings is 1. The van der Waals surface area contributed by atoms with Crippen LogP contribution >= 0.6 is 0 Å². The Labute approximate surface area is 92.4 Å². The summed E-state index contributed by atoms with van der Waals surface area (Å²) in [6, 6.07) is 10.6. The number of hydrogen-bond acceptors (Lipinski definition) is 2. The van der Waals surface area contributed by atoms with Crippen LogP contribution in [0.15, 0.2) is 30.3 Å². The SMILES string of the molecule is CC(N)CCCCOCc1ccccc1. The molecular weight excluding hydrogens is 186 g/mol. The van der Waals surface area contributed by atoms with Gasteiger partial charge in [0.15, 0.2) is 0 Å². The van der Waals surface area contributed by atoms with Gasteiger partial charge < -0.3 is 10.5 Å². The molecule has 0 aromatic heterocycles. The average molecular weight is 207 g/mol. The molecule has 0 heterocycles. The van der Waals surface area contributed by atoms with E-state index < -0.39 is 0 Å². The fourth-order valence-electron chi connectivity index (χ4n) is 1.43. The van der Waals surface area contributed by atoms with Crippen LogP contribution in [0.1, 0.15) is 31.7 Å². The number of nitrogens with two attached hydrogens (primary N) is 1. The van der Waals surface area contributed by atoms with E-state index in [-0.39, 0.29) is 0 Å². The number of unbranched alkanes of at least 4 members (excludes halogenated alkanes) is 1. The molecule has 15 heavy (non-hydrogen) atoms. The lowest BCUT2D eigenvalue weighted by atomic mass is 10.1. The minimum absolute atomic E-state index is 0.319. The monoisotopic (exact) mass is 207 g/mol. The molecule has 2 N–H and O–H groups in total. The molecule has 2 nitrogen and oxygen atoms in total. The van der Waals surface area contributed by atoms with E-state index in [1.54, 1.807) is 0 Å². The van der Waals surface area contributed by atoms with Crippen molar-refractivity contribution in [3.8, 4) is 0 Å². The third kappa shape index (κ3) is 6.26. The minimum Gasteiger partial charge on any atom is -0.377 e. The van der Waals surface area contributed by atoms with Crippen molar-refractivity contribution >= 4 is 0 Å². The number of ether oxygens (including phenoxy) is 1. The summed E-state index contributed by atoms with van der Waals surface area (Å²) in [4.78, 5) is 0. The van der Waals surface area contributed by atoms with Gasteiger partial charge in [-0.25, -0.2) is 0 Å². The predicted octanol–water partition coefficient (Wildman–Crippen LogP) is 2.72. The van der Waals surface area contributed by atoms with Gasteiger partial charge in [-0.15, -0.1) is 0 Å². The van der Waals surface area contributed by atoms with Crippen LogP contribution in [0, 0.1) is 0 Å². The molecule has 0 bridgehead atoms. The Hall–Kier alpha value is -0.860. The molecule has 84 valence electrons. The molecule has 2 heteroatoms. The maximum Gasteiger partial charge on any atom is 0.0716 e. The first-order valence-electron chi connectivity index (χ1n) is 5.66. The zero-order valence-electron chi connectivity index (χ0n) is 9.49. The molecule has 1 atom stereocenters. The smallest absolute Gasteiger partial charge is 0.0716 e. The molecule has 0 aliphatic rings. The van der Waals surface area contributed by atoms with Crippen molar-refractivity contribution in [2.45, 2.75) is 38.8 Å². The number of hydrogen-bond donors (Lipinski definition) is 1. The zero-order valence-corrected chi connectivity index (χ0v) is 9.49. The van der Waals surface area contributed by atoms with Crippen LogP contribution in [0.2, 0.25) is 0 Å². The highest BCUT2D eigenvalue weighted by atomic mass is 16.5. The normalized spacial score (nSPS) is 12.7. The van der Waals surface area contributed by atoms with Gasteiger partial charge in [0, 0.05) is 12.6 Å². The molecule has 0 aliphatic heterocycles. The van der Waals surface area contributed by atoms with Crippen molar-refractivity contribution in [1.29, 1.82) is 0 Å². The van der Waals surface area contributed by atoms with Gasteiger partial charge in [0.05, 0.1) is 6.61 Å². The van der Waals surface area contributed by atoms with Crippen LogP contribution in [0.5, 0.6) is 0 Å². The van der Waals surface area contributed by atoms with Gasteiger partial charge in [-0.05, 0) is 31.7 Å². The molecule has 0 saturated carbocycles. The highest BCUT2D eigenvalue weighted by Crippen LogP contribution is 2.03. The average Bonchev–Trinajstić information content (AvgIpc) is 2.24. The van der Waals surface area contributed by atoms with Crippen LogP contribution < -0.4 is 5.73 Å². The third-order valence-corrected chi connectivity index (χ3v) is 2.31. The minimum atomic E-state index is 0.319. The van der Waals surface area contributed by atoms with Crippen molar-refractivity contribution in [1.82, 2.24) is 0 Å². The second-order valence-electron chi connectivity index (χ2n) is 4.01. The number of rotatable bonds is 7. The Bertz CT molecular complexity index is 246. The fourth-order valence-corrected chi connectivity index (χ4v) is 1.43. The van der Waals surface area contributed by atoms with E-state index >= 15 is 0 Å². The van der Waals surface area contributed by atoms with Crippen LogP contribution in [-0.2, 0) is 11.3 Å². The van der Waals surface area contributed by atoms with Gasteiger partial charge in [0.25, 0.3) is 0 Å². The molecule has 0 saturated heterocycles. The second-order valence-corrected chi connectivity index (χ2v) is 4.01. The van der Waals surface area contributed by atoms with Gasteiger partial charge >= 0.3 is 0 Å². The molecule has 1 aromatic rings. The third-order valence-electron chi connectivity index (χ3n) is 2.31. The molecule has 1 unspecified atom stereocenters. The summed E-state index contributed by atoms with van der Waals surface area (Å²) in [6.07, 6.45) is 3.36. The van der Waals surface area contributed by atoms with E-state index in [2.05, 4.69) is 12.1 Å². The Balaban J connectivity index is 1.98. The predicted molar refractivity (Wildman–Crippen MR) is 63.6 cm³/mol. The van der Waals surface area contributed by atoms with E-state index in [0.29, 0.717) is 6.04 Å². The van der Waals surface area contributed by atoms with Crippen molar-refractivity contribution in [3.63, 3.8) is 0 Å². The van der Waals surface area contributed by atoms with Crippen LogP contribution in [0.4, 0.5) is 0 Å². The Morgan fingerprint density at radius 1 is 1.20 bits per heavy atom. The van der Waals surface area contributed by atoms with Crippen molar-refractivity contribution < 1.29 is 4.74 Å². The molecule has 0 aliphatic carbocycles. The summed E-state index contributed by atoms with van der Waals surface area (Å²) in [6.45, 7) is 3.60. The lowest BCUT2D eigenvalue weighted by Gasteiger charge is -2.06. The standard InChI is InChI=1S/C13H21NO/c1-12(14)7-5-6-10-15-11-13-8-3-2-4-9-13/h2-4,8-9,12H,5-7,10-11,14H2,1H3. The summed E-state index contributed by atoms with van der Waals surface area (Å²) < 4.78 is 5.56. The highest BCUT2D eigenvalue weighted by Gasteiger charge is 1.95. The zero-order chi connectivity index (χ0) is 10.9. The fraction of sp³-hybridized carbons (Fsp3) is 0.538. The maximum atomic E-state index is 5.66. The van der Waals surface area contributed by atoms with Gasteiger partial charge in [-0.1, -0.05) is 30.3 Å². The Morgan fingerprint density at radius 2 is 1.93 bits per heavy atom. The maximum absolute atomic E-state index is 5.66. The van der Waals surface area contributed by atoms with E-state index in [1.165, 1.54) is 5.56 Å². The first-order chi connectivity index (χ1) is 7.29. The summed E-state index contributed by atoms with van der Waals surface area (Å²) >= 11 is 0. The first-order valence-corrected chi connectivity index (χ1v) is 5.66. The van der Waals surface area contributed by atoms with Crippen molar-refractivity contribution in [2.75, 3.05) is 6.61 Å². The van der Waals surface area contributed by atoms with Gasteiger partial charge in [0.2, 0.25) is 0 Å². The molecule has 0 radical (unpaired) electrons. The van der Waals surface area contributed by atoms with E-state index in [9.17, 15) is 0 Å².